The third kappa shape index (κ3) is 2.62. The van der Waals surface area contributed by atoms with Crippen LogP contribution < -0.4 is 9.47 Å². The second-order valence-corrected chi connectivity index (χ2v) is 6.76. The van der Waals surface area contributed by atoms with Gasteiger partial charge in [-0.3, -0.25) is 0 Å². The van der Waals surface area contributed by atoms with Gasteiger partial charge in [-0.1, -0.05) is 30.7 Å². The highest BCUT2D eigenvalue weighted by Gasteiger charge is 2.19. The molecule has 3 heterocycles. The number of hydrogen-bond donors (Lipinski definition) is 0. The lowest BCUT2D eigenvalue weighted by Crippen LogP contribution is -1.96. The average Bonchev–Trinajstić information content (AvgIpc) is 3.31. The summed E-state index contributed by atoms with van der Waals surface area (Å²) < 4.78 is 12.8. The van der Waals surface area contributed by atoms with E-state index in [0.29, 0.717) is 5.02 Å². The first-order valence-electron chi connectivity index (χ1n) is 8.77. The van der Waals surface area contributed by atoms with Crippen molar-refractivity contribution in [3.63, 3.8) is 0 Å². The lowest BCUT2D eigenvalue weighted by Gasteiger charge is -2.06. The Bertz CT molecular complexity index is 1170. The molecule has 0 radical (unpaired) electrons. The number of hydrogen-bond acceptors (Lipinski definition) is 4. The normalized spacial score (nSPS) is 12.7. The Morgan fingerprint density at radius 1 is 1.04 bits per heavy atom. The van der Waals surface area contributed by atoms with Gasteiger partial charge in [0.25, 0.3) is 0 Å². The maximum atomic E-state index is 6.22. The fourth-order valence-electron chi connectivity index (χ4n) is 3.45. The van der Waals surface area contributed by atoms with Gasteiger partial charge in [0, 0.05) is 22.3 Å². The molecule has 1 aliphatic rings. The van der Waals surface area contributed by atoms with Gasteiger partial charge in [0.1, 0.15) is 0 Å². The predicted molar refractivity (Wildman–Crippen MR) is 104 cm³/mol. The van der Waals surface area contributed by atoms with Gasteiger partial charge in [-0.05, 0) is 48.4 Å². The Balaban J connectivity index is 1.74. The van der Waals surface area contributed by atoms with Crippen LogP contribution in [0.5, 0.6) is 11.5 Å². The van der Waals surface area contributed by atoms with Crippen LogP contribution in [0.25, 0.3) is 28.0 Å². The molecule has 2 aromatic carbocycles. The van der Waals surface area contributed by atoms with Gasteiger partial charge < -0.3 is 9.47 Å². The number of aryl methyl sites for hydroxylation is 1. The lowest BCUT2D eigenvalue weighted by molar-refractivity contribution is 0.174. The molecule has 0 aliphatic carbocycles. The zero-order valence-electron chi connectivity index (χ0n) is 14.6. The summed E-state index contributed by atoms with van der Waals surface area (Å²) >= 11 is 6.22. The first kappa shape index (κ1) is 16.1. The van der Waals surface area contributed by atoms with Crippen LogP contribution in [0.3, 0.4) is 0 Å². The summed E-state index contributed by atoms with van der Waals surface area (Å²) in [7, 11) is 0. The first-order chi connectivity index (χ1) is 13.2. The zero-order valence-corrected chi connectivity index (χ0v) is 15.4. The van der Waals surface area contributed by atoms with E-state index in [1.807, 2.05) is 59.2 Å². The van der Waals surface area contributed by atoms with Crippen molar-refractivity contribution in [1.82, 2.24) is 14.6 Å². The van der Waals surface area contributed by atoms with Crippen molar-refractivity contribution in [2.24, 2.45) is 0 Å². The van der Waals surface area contributed by atoms with Crippen LogP contribution in [0, 0.1) is 0 Å². The van der Waals surface area contributed by atoms with Gasteiger partial charge >= 0.3 is 0 Å². The maximum absolute atomic E-state index is 6.22. The van der Waals surface area contributed by atoms with Crippen molar-refractivity contribution in [3.05, 3.63) is 65.4 Å². The minimum absolute atomic E-state index is 0.255. The molecule has 0 saturated heterocycles. The Kier molecular flexibility index (Phi) is 3.76. The van der Waals surface area contributed by atoms with Crippen LogP contribution >= 0.6 is 11.6 Å². The summed E-state index contributed by atoms with van der Waals surface area (Å²) in [5, 5.41) is 5.54. The second-order valence-electron chi connectivity index (χ2n) is 6.32. The van der Waals surface area contributed by atoms with E-state index in [4.69, 9.17) is 26.2 Å². The molecule has 2 aromatic heterocycles. The predicted octanol–water partition coefficient (Wildman–Crippen LogP) is 5.01. The molecule has 0 saturated carbocycles. The van der Waals surface area contributed by atoms with Crippen molar-refractivity contribution in [1.29, 1.82) is 0 Å². The van der Waals surface area contributed by atoms with E-state index in [2.05, 4.69) is 11.9 Å². The van der Waals surface area contributed by atoms with E-state index < -0.39 is 0 Å². The fraction of sp³-hybridized carbons (Fsp3) is 0.143. The Hall–Kier alpha value is -3.05. The molecule has 5 nitrogen and oxygen atoms in total. The van der Waals surface area contributed by atoms with E-state index >= 15 is 0 Å². The molecule has 6 heteroatoms. The lowest BCUT2D eigenvalue weighted by atomic mass is 10.0. The molecule has 4 aromatic rings. The largest absolute Gasteiger partial charge is 0.454 e. The molecular weight excluding hydrogens is 362 g/mol. The molecule has 0 unspecified atom stereocenters. The molecule has 27 heavy (non-hydrogen) atoms. The number of nitrogens with zero attached hydrogens (tertiary/aromatic N) is 3. The van der Waals surface area contributed by atoms with Crippen LogP contribution in [0.2, 0.25) is 5.02 Å². The standard InChI is InChI=1S/C21H16ClN3O2/c1-2-16-20(14-4-3-5-15(22)10-14)21-23-9-8-17(25(21)24-16)13-6-7-18-19(11-13)27-12-26-18/h3-11H,2,12H2,1H3. The SMILES string of the molecule is CCc1nn2c(-c3ccc4c(c3)OCO4)ccnc2c1-c1cccc(Cl)c1. The minimum Gasteiger partial charge on any atom is -0.454 e. The second kappa shape index (κ2) is 6.28. The van der Waals surface area contributed by atoms with E-state index in [9.17, 15) is 0 Å². The van der Waals surface area contributed by atoms with Crippen LogP contribution in [-0.4, -0.2) is 21.4 Å². The van der Waals surface area contributed by atoms with E-state index in [1.165, 1.54) is 0 Å². The molecule has 0 amide bonds. The van der Waals surface area contributed by atoms with Gasteiger partial charge in [-0.25, -0.2) is 9.50 Å². The highest BCUT2D eigenvalue weighted by molar-refractivity contribution is 6.30. The van der Waals surface area contributed by atoms with Gasteiger partial charge in [-0.15, -0.1) is 0 Å². The quantitative estimate of drug-likeness (QED) is 0.503. The van der Waals surface area contributed by atoms with Crippen LogP contribution in [0.4, 0.5) is 0 Å². The molecule has 0 bridgehead atoms. The van der Waals surface area contributed by atoms with Crippen molar-refractivity contribution in [2.75, 3.05) is 6.79 Å². The molecule has 5 rings (SSSR count). The van der Waals surface area contributed by atoms with Gasteiger partial charge in [0.15, 0.2) is 17.1 Å². The third-order valence-corrected chi connectivity index (χ3v) is 4.94. The van der Waals surface area contributed by atoms with E-state index in [0.717, 1.165) is 51.6 Å². The van der Waals surface area contributed by atoms with Gasteiger partial charge in [-0.2, -0.15) is 5.10 Å². The Morgan fingerprint density at radius 2 is 1.93 bits per heavy atom. The fourth-order valence-corrected chi connectivity index (χ4v) is 3.64. The van der Waals surface area contributed by atoms with Crippen molar-refractivity contribution < 1.29 is 9.47 Å². The molecular formula is C21H16ClN3O2. The molecule has 1 aliphatic heterocycles. The van der Waals surface area contributed by atoms with Crippen LogP contribution in [0.15, 0.2) is 54.7 Å². The van der Waals surface area contributed by atoms with E-state index in [-0.39, 0.29) is 6.79 Å². The number of ether oxygens (including phenoxy) is 2. The molecule has 0 spiro atoms. The minimum atomic E-state index is 0.255. The number of aromatic nitrogens is 3. The number of fused-ring (bicyclic) bond motifs is 2. The molecule has 134 valence electrons. The molecule has 0 atom stereocenters. The van der Waals surface area contributed by atoms with E-state index in [1.54, 1.807) is 0 Å². The number of halogens is 1. The highest BCUT2D eigenvalue weighted by atomic mass is 35.5. The zero-order chi connectivity index (χ0) is 18.4. The van der Waals surface area contributed by atoms with Gasteiger partial charge in [0.05, 0.1) is 11.4 Å². The number of benzene rings is 2. The summed E-state index contributed by atoms with van der Waals surface area (Å²) in [6, 6.07) is 15.7. The van der Waals surface area contributed by atoms with Crippen molar-refractivity contribution in [2.45, 2.75) is 13.3 Å². The summed E-state index contributed by atoms with van der Waals surface area (Å²) in [4.78, 5) is 4.62. The third-order valence-electron chi connectivity index (χ3n) is 4.71. The maximum Gasteiger partial charge on any atom is 0.231 e. The summed E-state index contributed by atoms with van der Waals surface area (Å²) in [5.41, 5.74) is 5.77. The van der Waals surface area contributed by atoms with Crippen molar-refractivity contribution >= 4 is 17.2 Å². The first-order valence-corrected chi connectivity index (χ1v) is 9.15. The monoisotopic (exact) mass is 377 g/mol. The molecule has 0 fully saturated rings. The van der Waals surface area contributed by atoms with Crippen molar-refractivity contribution in [3.8, 4) is 33.9 Å². The smallest absolute Gasteiger partial charge is 0.231 e. The van der Waals surface area contributed by atoms with Crippen LogP contribution in [0.1, 0.15) is 12.6 Å². The van der Waals surface area contributed by atoms with Gasteiger partial charge in [0.2, 0.25) is 6.79 Å². The summed E-state index contributed by atoms with van der Waals surface area (Å²) in [6.45, 7) is 2.35. The topological polar surface area (TPSA) is 48.7 Å². The summed E-state index contributed by atoms with van der Waals surface area (Å²) in [5.74, 6) is 1.51. The Morgan fingerprint density at radius 3 is 2.78 bits per heavy atom. The Labute approximate surface area is 161 Å². The highest BCUT2D eigenvalue weighted by Crippen LogP contribution is 2.37. The summed E-state index contributed by atoms with van der Waals surface area (Å²) in [6.07, 6.45) is 2.61. The molecule has 0 N–H and O–H groups in total. The van der Waals surface area contributed by atoms with Crippen LogP contribution in [-0.2, 0) is 6.42 Å². The average molecular weight is 378 g/mol. The number of rotatable bonds is 3.